The molecule has 0 saturated carbocycles. The summed E-state index contributed by atoms with van der Waals surface area (Å²) in [6, 6.07) is 7.88. The zero-order chi connectivity index (χ0) is 15.8. The second-order valence-corrected chi connectivity index (χ2v) is 5.88. The Morgan fingerprint density at radius 3 is 2.77 bits per heavy atom. The minimum Gasteiger partial charge on any atom is -0.378 e. The third kappa shape index (κ3) is 5.18. The van der Waals surface area contributed by atoms with E-state index in [1.165, 1.54) is 0 Å². The fraction of sp³-hybridized carbons (Fsp3) is 0.588. The van der Waals surface area contributed by atoms with Gasteiger partial charge in [0.15, 0.2) is 5.96 Å². The van der Waals surface area contributed by atoms with Gasteiger partial charge in [0.2, 0.25) is 0 Å². The molecule has 2 rings (SSSR count). The SMILES string of the molecule is CCNC(=NCc1cccc(Cl)c1)N1CCC(OCC)CC1. The number of rotatable bonds is 5. The first-order chi connectivity index (χ1) is 10.7. The number of halogens is 1. The number of hydrogen-bond donors (Lipinski definition) is 1. The van der Waals surface area contributed by atoms with Gasteiger partial charge in [0, 0.05) is 31.3 Å². The summed E-state index contributed by atoms with van der Waals surface area (Å²) in [5.74, 6) is 0.984. The molecule has 0 radical (unpaired) electrons. The summed E-state index contributed by atoms with van der Waals surface area (Å²) in [4.78, 5) is 7.07. The Kier molecular flexibility index (Phi) is 7.00. The highest BCUT2D eigenvalue weighted by molar-refractivity contribution is 6.30. The van der Waals surface area contributed by atoms with Gasteiger partial charge in [-0.05, 0) is 44.4 Å². The lowest BCUT2D eigenvalue weighted by Crippen LogP contribution is -2.47. The Balaban J connectivity index is 1.96. The van der Waals surface area contributed by atoms with Gasteiger partial charge in [-0.15, -0.1) is 0 Å². The van der Waals surface area contributed by atoms with Crippen molar-refractivity contribution in [1.29, 1.82) is 0 Å². The van der Waals surface area contributed by atoms with Gasteiger partial charge in [-0.2, -0.15) is 0 Å². The minimum atomic E-state index is 0.400. The molecular weight excluding hydrogens is 298 g/mol. The predicted octanol–water partition coefficient (Wildman–Crippen LogP) is 3.31. The zero-order valence-corrected chi connectivity index (χ0v) is 14.3. The molecule has 1 N–H and O–H groups in total. The van der Waals surface area contributed by atoms with E-state index in [9.17, 15) is 0 Å². The van der Waals surface area contributed by atoms with E-state index in [-0.39, 0.29) is 0 Å². The maximum atomic E-state index is 6.03. The zero-order valence-electron chi connectivity index (χ0n) is 13.5. The van der Waals surface area contributed by atoms with Crippen LogP contribution in [0.2, 0.25) is 5.02 Å². The second kappa shape index (κ2) is 9.01. The number of piperidine rings is 1. The van der Waals surface area contributed by atoms with Gasteiger partial charge in [-0.25, -0.2) is 4.99 Å². The van der Waals surface area contributed by atoms with Gasteiger partial charge in [0.25, 0.3) is 0 Å². The minimum absolute atomic E-state index is 0.400. The molecule has 0 aliphatic carbocycles. The summed E-state index contributed by atoms with van der Waals surface area (Å²) in [6.45, 7) is 8.46. The molecule has 0 atom stereocenters. The largest absolute Gasteiger partial charge is 0.378 e. The number of ether oxygens (including phenoxy) is 1. The molecule has 1 aromatic carbocycles. The van der Waals surface area contributed by atoms with Crippen LogP contribution in [0.15, 0.2) is 29.3 Å². The van der Waals surface area contributed by atoms with Gasteiger partial charge < -0.3 is 15.0 Å². The van der Waals surface area contributed by atoms with Crippen LogP contribution < -0.4 is 5.32 Å². The Bertz CT molecular complexity index is 485. The van der Waals surface area contributed by atoms with E-state index in [1.807, 2.05) is 18.2 Å². The monoisotopic (exact) mass is 323 g/mol. The Morgan fingerprint density at radius 2 is 2.14 bits per heavy atom. The quantitative estimate of drug-likeness (QED) is 0.667. The number of nitrogens with zero attached hydrogens (tertiary/aromatic N) is 2. The molecule has 0 bridgehead atoms. The number of nitrogens with one attached hydrogen (secondary N) is 1. The molecule has 0 unspecified atom stereocenters. The van der Waals surface area contributed by atoms with Crippen LogP contribution in [0.5, 0.6) is 0 Å². The third-order valence-electron chi connectivity index (χ3n) is 3.78. The van der Waals surface area contributed by atoms with Gasteiger partial charge in [-0.1, -0.05) is 23.7 Å². The standard InChI is InChI=1S/C17H26ClN3O/c1-3-19-17(20-13-14-6-5-7-15(18)12-14)21-10-8-16(9-11-21)22-4-2/h5-7,12,16H,3-4,8-11,13H2,1-2H3,(H,19,20). The van der Waals surface area contributed by atoms with E-state index in [1.54, 1.807) is 0 Å². The highest BCUT2D eigenvalue weighted by Gasteiger charge is 2.21. The lowest BCUT2D eigenvalue weighted by Gasteiger charge is -2.34. The first-order valence-electron chi connectivity index (χ1n) is 8.12. The van der Waals surface area contributed by atoms with Crippen LogP contribution in [0, 0.1) is 0 Å². The maximum absolute atomic E-state index is 6.03. The molecule has 1 aliphatic rings. The Hall–Kier alpha value is -1.26. The van der Waals surface area contributed by atoms with Crippen molar-refractivity contribution >= 4 is 17.6 Å². The van der Waals surface area contributed by atoms with Crippen molar-refractivity contribution < 1.29 is 4.74 Å². The molecule has 1 heterocycles. The van der Waals surface area contributed by atoms with E-state index >= 15 is 0 Å². The van der Waals surface area contributed by atoms with Crippen molar-refractivity contribution in [2.24, 2.45) is 4.99 Å². The number of benzene rings is 1. The van der Waals surface area contributed by atoms with Crippen LogP contribution in [0.4, 0.5) is 0 Å². The normalized spacial score (nSPS) is 16.9. The van der Waals surface area contributed by atoms with E-state index in [0.717, 1.165) is 55.6 Å². The lowest BCUT2D eigenvalue weighted by molar-refractivity contribution is 0.0263. The fourth-order valence-electron chi connectivity index (χ4n) is 2.70. The van der Waals surface area contributed by atoms with Crippen molar-refractivity contribution in [2.45, 2.75) is 39.3 Å². The van der Waals surface area contributed by atoms with Crippen LogP contribution >= 0.6 is 11.6 Å². The molecule has 122 valence electrons. The molecule has 1 saturated heterocycles. The summed E-state index contributed by atoms with van der Waals surface area (Å²) in [7, 11) is 0. The van der Waals surface area contributed by atoms with Crippen molar-refractivity contribution in [2.75, 3.05) is 26.2 Å². The lowest BCUT2D eigenvalue weighted by atomic mass is 10.1. The van der Waals surface area contributed by atoms with Crippen molar-refractivity contribution in [3.05, 3.63) is 34.9 Å². The highest BCUT2D eigenvalue weighted by atomic mass is 35.5. The fourth-order valence-corrected chi connectivity index (χ4v) is 2.91. The van der Waals surface area contributed by atoms with E-state index in [4.69, 9.17) is 21.3 Å². The summed E-state index contributed by atoms with van der Waals surface area (Å²) in [5, 5.41) is 4.15. The summed E-state index contributed by atoms with van der Waals surface area (Å²) >= 11 is 6.03. The van der Waals surface area contributed by atoms with Gasteiger partial charge in [0.1, 0.15) is 0 Å². The van der Waals surface area contributed by atoms with Crippen LogP contribution in [0.3, 0.4) is 0 Å². The molecule has 1 fully saturated rings. The predicted molar refractivity (Wildman–Crippen MR) is 92.5 cm³/mol. The number of hydrogen-bond acceptors (Lipinski definition) is 2. The van der Waals surface area contributed by atoms with Crippen LogP contribution in [0.1, 0.15) is 32.3 Å². The molecule has 0 spiro atoms. The van der Waals surface area contributed by atoms with Crippen molar-refractivity contribution in [1.82, 2.24) is 10.2 Å². The first-order valence-corrected chi connectivity index (χ1v) is 8.50. The number of guanidine groups is 1. The van der Waals surface area contributed by atoms with Gasteiger partial charge >= 0.3 is 0 Å². The van der Waals surface area contributed by atoms with E-state index < -0.39 is 0 Å². The molecule has 0 aromatic heterocycles. The molecule has 4 nitrogen and oxygen atoms in total. The Labute approximate surface area is 138 Å². The first kappa shape index (κ1) is 17.1. The molecule has 1 aromatic rings. The van der Waals surface area contributed by atoms with Crippen molar-refractivity contribution in [3.63, 3.8) is 0 Å². The number of aliphatic imine (C=N–C) groups is 1. The molecular formula is C17H26ClN3O. The van der Waals surface area contributed by atoms with Gasteiger partial charge in [-0.3, -0.25) is 0 Å². The molecule has 1 aliphatic heterocycles. The smallest absolute Gasteiger partial charge is 0.194 e. The number of likely N-dealkylation sites (tertiary alicyclic amines) is 1. The topological polar surface area (TPSA) is 36.9 Å². The summed E-state index contributed by atoms with van der Waals surface area (Å²) in [5.41, 5.74) is 1.13. The van der Waals surface area contributed by atoms with Crippen molar-refractivity contribution in [3.8, 4) is 0 Å². The van der Waals surface area contributed by atoms with Crippen LogP contribution in [-0.2, 0) is 11.3 Å². The average Bonchev–Trinajstić information content (AvgIpc) is 2.53. The molecule has 5 heteroatoms. The molecule has 22 heavy (non-hydrogen) atoms. The maximum Gasteiger partial charge on any atom is 0.194 e. The Morgan fingerprint density at radius 1 is 1.36 bits per heavy atom. The second-order valence-electron chi connectivity index (χ2n) is 5.44. The van der Waals surface area contributed by atoms with Crippen LogP contribution in [-0.4, -0.2) is 43.2 Å². The molecule has 0 amide bonds. The summed E-state index contributed by atoms with van der Waals surface area (Å²) < 4.78 is 5.71. The summed E-state index contributed by atoms with van der Waals surface area (Å²) in [6.07, 6.45) is 2.53. The van der Waals surface area contributed by atoms with E-state index in [0.29, 0.717) is 12.6 Å². The third-order valence-corrected chi connectivity index (χ3v) is 4.01. The van der Waals surface area contributed by atoms with Gasteiger partial charge in [0.05, 0.1) is 12.6 Å². The van der Waals surface area contributed by atoms with E-state index in [2.05, 4.69) is 30.1 Å². The average molecular weight is 324 g/mol. The highest BCUT2D eigenvalue weighted by Crippen LogP contribution is 2.15. The van der Waals surface area contributed by atoms with Crippen LogP contribution in [0.25, 0.3) is 0 Å².